The van der Waals surface area contributed by atoms with Crippen molar-refractivity contribution in [1.82, 2.24) is 0 Å². The van der Waals surface area contributed by atoms with Gasteiger partial charge in [0.2, 0.25) is 0 Å². The number of carbonyl (C=O) groups is 2. The van der Waals surface area contributed by atoms with Gasteiger partial charge in [-0.05, 0) is 19.8 Å². The smallest absolute Gasteiger partial charge is 0.333 e. The number of rotatable bonds is 6. The molecule has 0 aromatic heterocycles. The zero-order chi connectivity index (χ0) is 11.7. The van der Waals surface area contributed by atoms with Gasteiger partial charge in [-0.15, -0.1) is 0 Å². The molecule has 0 saturated heterocycles. The molecule has 0 aromatic carbocycles. The Kier molecular flexibility index (Phi) is 6.97. The quantitative estimate of drug-likeness (QED) is 0.381. The number of allylic oxidation sites excluding steroid dienone is 1. The van der Waals surface area contributed by atoms with Crippen LogP contribution in [0.4, 0.5) is 0 Å². The van der Waals surface area contributed by atoms with Crippen LogP contribution in [-0.2, 0) is 19.1 Å². The molecule has 0 radical (unpaired) electrons. The summed E-state index contributed by atoms with van der Waals surface area (Å²) in [5.74, 6) is -0.762. The van der Waals surface area contributed by atoms with Crippen molar-refractivity contribution in [3.8, 4) is 0 Å². The van der Waals surface area contributed by atoms with E-state index in [-0.39, 0.29) is 5.97 Å². The third-order valence-corrected chi connectivity index (χ3v) is 1.72. The van der Waals surface area contributed by atoms with Crippen molar-refractivity contribution in [2.24, 2.45) is 0 Å². The van der Waals surface area contributed by atoms with Crippen molar-refractivity contribution in [3.63, 3.8) is 0 Å². The minimum atomic E-state index is -0.427. The van der Waals surface area contributed by atoms with Gasteiger partial charge < -0.3 is 9.47 Å². The lowest BCUT2D eigenvalue weighted by Gasteiger charge is -2.00. The molecular formula is C11H16O4. The summed E-state index contributed by atoms with van der Waals surface area (Å²) in [4.78, 5) is 21.6. The standard InChI is InChI=1S/C11H16O4/c1-4-10(12)15-8-6-5-7-9(2)11(13)14-3/h4,7H,1,5-6,8H2,2-3H3. The molecule has 0 rings (SSSR count). The summed E-state index contributed by atoms with van der Waals surface area (Å²) < 4.78 is 9.28. The number of ether oxygens (including phenoxy) is 2. The van der Waals surface area contributed by atoms with Crippen LogP contribution in [-0.4, -0.2) is 25.7 Å². The molecule has 0 spiro atoms. The summed E-state index contributed by atoms with van der Waals surface area (Å²) >= 11 is 0. The molecular weight excluding hydrogens is 196 g/mol. The van der Waals surface area contributed by atoms with E-state index in [0.29, 0.717) is 25.0 Å². The number of hydrogen-bond donors (Lipinski definition) is 0. The van der Waals surface area contributed by atoms with Gasteiger partial charge >= 0.3 is 11.9 Å². The second-order valence-electron chi connectivity index (χ2n) is 2.89. The number of hydrogen-bond acceptors (Lipinski definition) is 4. The second kappa shape index (κ2) is 7.79. The minimum absolute atomic E-state index is 0.329. The van der Waals surface area contributed by atoms with Crippen molar-refractivity contribution in [2.45, 2.75) is 19.8 Å². The first-order valence-electron chi connectivity index (χ1n) is 4.66. The fourth-order valence-electron chi connectivity index (χ4n) is 0.878. The molecule has 0 aliphatic heterocycles. The lowest BCUT2D eigenvalue weighted by molar-refractivity contribution is -0.138. The van der Waals surface area contributed by atoms with Gasteiger partial charge in [-0.1, -0.05) is 12.7 Å². The molecule has 0 amide bonds. The molecule has 0 aliphatic carbocycles. The van der Waals surface area contributed by atoms with Gasteiger partial charge in [-0.2, -0.15) is 0 Å². The highest BCUT2D eigenvalue weighted by Crippen LogP contribution is 2.00. The van der Waals surface area contributed by atoms with Crippen molar-refractivity contribution >= 4 is 11.9 Å². The van der Waals surface area contributed by atoms with Crippen LogP contribution in [0.1, 0.15) is 19.8 Å². The fraction of sp³-hybridized carbons (Fsp3) is 0.455. The van der Waals surface area contributed by atoms with E-state index in [0.717, 1.165) is 6.08 Å². The molecule has 0 aromatic rings. The monoisotopic (exact) mass is 212 g/mol. The first-order valence-corrected chi connectivity index (χ1v) is 4.66. The molecule has 0 bridgehead atoms. The van der Waals surface area contributed by atoms with E-state index in [4.69, 9.17) is 4.74 Å². The van der Waals surface area contributed by atoms with E-state index in [1.807, 2.05) is 0 Å². The molecule has 4 heteroatoms. The van der Waals surface area contributed by atoms with Crippen LogP contribution in [0.5, 0.6) is 0 Å². The summed E-state index contributed by atoms with van der Waals surface area (Å²) in [7, 11) is 1.34. The number of esters is 2. The van der Waals surface area contributed by atoms with Crippen molar-refractivity contribution in [2.75, 3.05) is 13.7 Å². The maximum atomic E-state index is 10.9. The Morgan fingerprint density at radius 2 is 2.07 bits per heavy atom. The third kappa shape index (κ3) is 6.49. The van der Waals surface area contributed by atoms with Crippen LogP contribution in [0.3, 0.4) is 0 Å². The summed E-state index contributed by atoms with van der Waals surface area (Å²) in [6, 6.07) is 0. The minimum Gasteiger partial charge on any atom is -0.466 e. The first kappa shape index (κ1) is 13.4. The molecule has 0 N–H and O–H groups in total. The first-order chi connectivity index (χ1) is 7.11. The maximum Gasteiger partial charge on any atom is 0.333 e. The fourth-order valence-corrected chi connectivity index (χ4v) is 0.878. The molecule has 0 saturated carbocycles. The van der Waals surface area contributed by atoms with Gasteiger partial charge in [-0.3, -0.25) is 0 Å². The summed E-state index contributed by atoms with van der Waals surface area (Å²) in [6.45, 7) is 5.29. The van der Waals surface area contributed by atoms with Gasteiger partial charge in [0.15, 0.2) is 0 Å². The molecule has 0 unspecified atom stereocenters. The Labute approximate surface area is 89.6 Å². The molecule has 15 heavy (non-hydrogen) atoms. The lowest BCUT2D eigenvalue weighted by Crippen LogP contribution is -2.03. The number of unbranched alkanes of at least 4 members (excludes halogenated alkanes) is 1. The SMILES string of the molecule is C=CC(=O)OCCCC=C(C)C(=O)OC. The van der Waals surface area contributed by atoms with Gasteiger partial charge in [0, 0.05) is 11.6 Å². The Morgan fingerprint density at radius 3 is 2.60 bits per heavy atom. The largest absolute Gasteiger partial charge is 0.466 e. The van der Waals surface area contributed by atoms with Gasteiger partial charge in [0.05, 0.1) is 13.7 Å². The van der Waals surface area contributed by atoms with E-state index in [1.165, 1.54) is 7.11 Å². The number of methoxy groups -OCH3 is 1. The van der Waals surface area contributed by atoms with Crippen LogP contribution in [0.25, 0.3) is 0 Å². The van der Waals surface area contributed by atoms with Gasteiger partial charge in [0.1, 0.15) is 0 Å². The van der Waals surface area contributed by atoms with E-state index >= 15 is 0 Å². The van der Waals surface area contributed by atoms with E-state index < -0.39 is 5.97 Å². The topological polar surface area (TPSA) is 52.6 Å². The lowest BCUT2D eigenvalue weighted by atomic mass is 10.2. The molecule has 0 heterocycles. The number of carbonyl (C=O) groups excluding carboxylic acids is 2. The van der Waals surface area contributed by atoms with Crippen LogP contribution in [0.2, 0.25) is 0 Å². The molecule has 0 fully saturated rings. The van der Waals surface area contributed by atoms with E-state index in [9.17, 15) is 9.59 Å². The van der Waals surface area contributed by atoms with Crippen LogP contribution < -0.4 is 0 Å². The van der Waals surface area contributed by atoms with Crippen LogP contribution in [0.15, 0.2) is 24.3 Å². The summed E-state index contributed by atoms with van der Waals surface area (Å²) in [6.07, 6.45) is 4.22. The van der Waals surface area contributed by atoms with Crippen LogP contribution >= 0.6 is 0 Å². The maximum absolute atomic E-state index is 10.9. The van der Waals surface area contributed by atoms with Crippen molar-refractivity contribution in [1.29, 1.82) is 0 Å². The highest BCUT2D eigenvalue weighted by Gasteiger charge is 2.01. The van der Waals surface area contributed by atoms with Crippen LogP contribution in [0, 0.1) is 0 Å². The Hall–Kier alpha value is -1.58. The Bertz CT molecular complexity index is 266. The Balaban J connectivity index is 3.65. The second-order valence-corrected chi connectivity index (χ2v) is 2.89. The molecule has 0 aliphatic rings. The highest BCUT2D eigenvalue weighted by molar-refractivity contribution is 5.87. The predicted octanol–water partition coefficient (Wildman–Crippen LogP) is 1.62. The van der Waals surface area contributed by atoms with E-state index in [2.05, 4.69) is 11.3 Å². The van der Waals surface area contributed by atoms with Gasteiger partial charge in [-0.25, -0.2) is 9.59 Å². The van der Waals surface area contributed by atoms with E-state index in [1.54, 1.807) is 13.0 Å². The average molecular weight is 212 g/mol. The zero-order valence-corrected chi connectivity index (χ0v) is 9.12. The van der Waals surface area contributed by atoms with Gasteiger partial charge in [0.25, 0.3) is 0 Å². The van der Waals surface area contributed by atoms with Crippen molar-refractivity contribution < 1.29 is 19.1 Å². The zero-order valence-electron chi connectivity index (χ0n) is 9.12. The molecule has 84 valence electrons. The molecule has 4 nitrogen and oxygen atoms in total. The third-order valence-electron chi connectivity index (χ3n) is 1.72. The highest BCUT2D eigenvalue weighted by atomic mass is 16.5. The summed E-state index contributed by atoms with van der Waals surface area (Å²) in [5, 5.41) is 0. The van der Waals surface area contributed by atoms with Crippen molar-refractivity contribution in [3.05, 3.63) is 24.3 Å². The summed E-state index contributed by atoms with van der Waals surface area (Å²) in [5.41, 5.74) is 0.563. The Morgan fingerprint density at radius 1 is 1.40 bits per heavy atom. The molecule has 0 atom stereocenters. The predicted molar refractivity (Wildman–Crippen MR) is 56.2 cm³/mol. The normalized spacial score (nSPS) is 10.7. The average Bonchev–Trinajstić information content (AvgIpc) is 2.26.